The van der Waals surface area contributed by atoms with E-state index < -0.39 is 0 Å². The van der Waals surface area contributed by atoms with Crippen LogP contribution in [0, 0.1) is 6.92 Å². The van der Waals surface area contributed by atoms with Crippen molar-refractivity contribution < 1.29 is 9.53 Å². The molecule has 0 aromatic heterocycles. The van der Waals surface area contributed by atoms with Gasteiger partial charge in [0.1, 0.15) is 5.75 Å². The maximum atomic E-state index is 11.6. The first-order valence-electron chi connectivity index (χ1n) is 5.90. The van der Waals surface area contributed by atoms with E-state index in [1.54, 1.807) is 11.8 Å². The van der Waals surface area contributed by atoms with Gasteiger partial charge in [-0.1, -0.05) is 23.9 Å². The minimum Gasteiger partial charge on any atom is -0.493 e. The monoisotopic (exact) mass is 264 g/mol. The van der Waals surface area contributed by atoms with Crippen molar-refractivity contribution in [2.24, 2.45) is 4.99 Å². The predicted octanol–water partition coefficient (Wildman–Crippen LogP) is 1.98. The lowest BCUT2D eigenvalue weighted by atomic mass is 10.2. The number of amidine groups is 1. The van der Waals surface area contributed by atoms with Crippen LogP contribution in [-0.4, -0.2) is 30.0 Å². The van der Waals surface area contributed by atoms with E-state index in [1.807, 2.05) is 31.2 Å². The summed E-state index contributed by atoms with van der Waals surface area (Å²) in [4.78, 5) is 15.7. The molecule has 0 atom stereocenters. The molecule has 1 N–H and O–H groups in total. The third-order valence-electron chi connectivity index (χ3n) is 2.42. The van der Waals surface area contributed by atoms with Crippen molar-refractivity contribution in [2.75, 3.05) is 18.9 Å². The van der Waals surface area contributed by atoms with Crippen LogP contribution in [0.15, 0.2) is 29.3 Å². The summed E-state index contributed by atoms with van der Waals surface area (Å²) >= 11 is 1.58. The molecule has 1 aliphatic heterocycles. The quantitative estimate of drug-likeness (QED) is 0.904. The van der Waals surface area contributed by atoms with Gasteiger partial charge in [0.25, 0.3) is 0 Å². The van der Waals surface area contributed by atoms with Crippen LogP contribution >= 0.6 is 11.8 Å². The largest absolute Gasteiger partial charge is 0.493 e. The molecule has 1 aromatic rings. The third-order valence-corrected chi connectivity index (χ3v) is 3.31. The molecule has 1 aromatic carbocycles. The number of benzene rings is 1. The summed E-state index contributed by atoms with van der Waals surface area (Å²) in [6, 6.07) is 7.79. The summed E-state index contributed by atoms with van der Waals surface area (Å²) < 4.78 is 5.51. The van der Waals surface area contributed by atoms with Gasteiger partial charge in [0.15, 0.2) is 5.17 Å². The topological polar surface area (TPSA) is 50.7 Å². The smallest absolute Gasteiger partial charge is 0.229 e. The van der Waals surface area contributed by atoms with E-state index in [0.717, 1.165) is 28.8 Å². The van der Waals surface area contributed by atoms with Gasteiger partial charge in [0, 0.05) is 5.75 Å². The maximum absolute atomic E-state index is 11.6. The van der Waals surface area contributed by atoms with Gasteiger partial charge in [0.05, 0.1) is 19.6 Å². The average Bonchev–Trinajstić information content (AvgIpc) is 2.82. The van der Waals surface area contributed by atoms with Crippen LogP contribution in [0.4, 0.5) is 0 Å². The van der Waals surface area contributed by atoms with E-state index in [2.05, 4.69) is 10.3 Å². The van der Waals surface area contributed by atoms with Crippen molar-refractivity contribution in [3.8, 4) is 5.75 Å². The highest BCUT2D eigenvalue weighted by molar-refractivity contribution is 8.14. The molecule has 0 fully saturated rings. The molecule has 1 heterocycles. The predicted molar refractivity (Wildman–Crippen MR) is 74.2 cm³/mol. The van der Waals surface area contributed by atoms with Gasteiger partial charge in [-0.15, -0.1) is 0 Å². The summed E-state index contributed by atoms with van der Waals surface area (Å²) in [6.45, 7) is 3.18. The van der Waals surface area contributed by atoms with Gasteiger partial charge in [0.2, 0.25) is 5.91 Å². The Kier molecular flexibility index (Phi) is 4.64. The van der Waals surface area contributed by atoms with Crippen LogP contribution in [0.1, 0.15) is 12.0 Å². The van der Waals surface area contributed by atoms with Crippen molar-refractivity contribution in [3.63, 3.8) is 0 Å². The minimum absolute atomic E-state index is 0.0456. The van der Waals surface area contributed by atoms with Crippen LogP contribution in [0.25, 0.3) is 0 Å². The lowest BCUT2D eigenvalue weighted by Gasteiger charge is -2.07. The highest BCUT2D eigenvalue weighted by Gasteiger charge is 2.10. The summed E-state index contributed by atoms with van der Waals surface area (Å²) in [5, 5.41) is 3.50. The van der Waals surface area contributed by atoms with Gasteiger partial charge >= 0.3 is 0 Å². The number of nitrogens with one attached hydrogen (secondary N) is 1. The molecule has 1 aliphatic rings. The van der Waals surface area contributed by atoms with Crippen LogP contribution in [0.2, 0.25) is 0 Å². The number of carbonyl (C=O) groups excluding carboxylic acids is 1. The van der Waals surface area contributed by atoms with Crippen molar-refractivity contribution in [1.82, 2.24) is 5.32 Å². The van der Waals surface area contributed by atoms with Crippen LogP contribution < -0.4 is 10.1 Å². The Morgan fingerprint density at radius 2 is 2.44 bits per heavy atom. The van der Waals surface area contributed by atoms with E-state index in [1.165, 1.54) is 0 Å². The van der Waals surface area contributed by atoms with E-state index in [9.17, 15) is 4.79 Å². The van der Waals surface area contributed by atoms with Crippen LogP contribution in [0.5, 0.6) is 5.75 Å². The fourth-order valence-corrected chi connectivity index (χ4v) is 2.30. The summed E-state index contributed by atoms with van der Waals surface area (Å²) in [7, 11) is 0. The van der Waals surface area contributed by atoms with Crippen molar-refractivity contribution in [2.45, 2.75) is 13.3 Å². The second kappa shape index (κ2) is 6.44. The molecular weight excluding hydrogens is 248 g/mol. The second-order valence-electron chi connectivity index (χ2n) is 4.00. The van der Waals surface area contributed by atoms with E-state index in [-0.39, 0.29) is 5.91 Å². The molecule has 0 unspecified atom stereocenters. The van der Waals surface area contributed by atoms with Crippen molar-refractivity contribution in [1.29, 1.82) is 0 Å². The zero-order valence-corrected chi connectivity index (χ0v) is 11.1. The minimum atomic E-state index is -0.0456. The Morgan fingerprint density at radius 3 is 3.17 bits per heavy atom. The van der Waals surface area contributed by atoms with Gasteiger partial charge in [-0.2, -0.15) is 0 Å². The molecule has 0 spiro atoms. The Bertz CT molecular complexity index is 460. The van der Waals surface area contributed by atoms with E-state index >= 15 is 0 Å². The molecule has 0 saturated heterocycles. The fourth-order valence-electron chi connectivity index (χ4n) is 1.56. The normalized spacial score (nSPS) is 14.2. The highest BCUT2D eigenvalue weighted by Crippen LogP contribution is 2.12. The number of thioether (sulfide) groups is 1. The first-order valence-corrected chi connectivity index (χ1v) is 6.89. The van der Waals surface area contributed by atoms with Crippen molar-refractivity contribution >= 4 is 22.8 Å². The van der Waals surface area contributed by atoms with Crippen LogP contribution in [0.3, 0.4) is 0 Å². The number of hydrogen-bond acceptors (Lipinski definition) is 4. The number of carbonyl (C=O) groups is 1. The number of rotatable bonds is 4. The molecule has 4 nitrogen and oxygen atoms in total. The highest BCUT2D eigenvalue weighted by atomic mass is 32.2. The third kappa shape index (κ3) is 4.07. The average molecular weight is 264 g/mol. The maximum Gasteiger partial charge on any atom is 0.229 e. The molecule has 18 heavy (non-hydrogen) atoms. The first-order chi connectivity index (χ1) is 8.74. The van der Waals surface area contributed by atoms with E-state index in [0.29, 0.717) is 13.0 Å². The molecule has 96 valence electrons. The number of aliphatic imine (C=N–C) groups is 1. The molecule has 2 rings (SSSR count). The second-order valence-corrected chi connectivity index (χ2v) is 5.08. The Balaban J connectivity index is 1.70. The number of amides is 1. The Labute approximate surface area is 111 Å². The first kappa shape index (κ1) is 13.0. The Morgan fingerprint density at radius 1 is 1.56 bits per heavy atom. The number of aryl methyl sites for hydroxylation is 1. The van der Waals surface area contributed by atoms with Gasteiger partial charge in [-0.3, -0.25) is 9.79 Å². The van der Waals surface area contributed by atoms with Gasteiger partial charge < -0.3 is 10.1 Å². The number of ether oxygens (including phenoxy) is 1. The summed E-state index contributed by atoms with van der Waals surface area (Å²) in [5.41, 5.74) is 1.15. The SMILES string of the molecule is Cc1cccc(OCCC(=O)NC2=NCCS2)c1. The van der Waals surface area contributed by atoms with Gasteiger partial charge in [-0.05, 0) is 24.6 Å². The van der Waals surface area contributed by atoms with Crippen molar-refractivity contribution in [3.05, 3.63) is 29.8 Å². The summed E-state index contributed by atoms with van der Waals surface area (Å²) in [5.74, 6) is 1.71. The summed E-state index contributed by atoms with van der Waals surface area (Å²) in [6.07, 6.45) is 0.341. The zero-order chi connectivity index (χ0) is 12.8. The van der Waals surface area contributed by atoms with Crippen LogP contribution in [-0.2, 0) is 4.79 Å². The lowest BCUT2D eigenvalue weighted by molar-refractivity contribution is -0.120. The molecule has 5 heteroatoms. The van der Waals surface area contributed by atoms with Gasteiger partial charge in [-0.25, -0.2) is 0 Å². The molecule has 0 aliphatic carbocycles. The molecule has 0 saturated carbocycles. The molecule has 0 radical (unpaired) electrons. The molecule has 1 amide bonds. The van der Waals surface area contributed by atoms with E-state index in [4.69, 9.17) is 4.74 Å². The molecular formula is C13H16N2O2S. The number of nitrogens with zero attached hydrogens (tertiary/aromatic N) is 1. The zero-order valence-electron chi connectivity index (χ0n) is 10.3. The fraction of sp³-hybridized carbons (Fsp3) is 0.385. The Hall–Kier alpha value is -1.49. The standard InChI is InChI=1S/C13H16N2O2S/c1-10-3-2-4-11(9-10)17-7-5-12(16)15-13-14-6-8-18-13/h2-4,9H,5-8H2,1H3,(H,14,15,16). The number of hydrogen-bond donors (Lipinski definition) is 1. The lowest BCUT2D eigenvalue weighted by Crippen LogP contribution is -2.28. The molecule has 0 bridgehead atoms.